The molecule has 0 saturated heterocycles. The summed E-state index contributed by atoms with van der Waals surface area (Å²) in [6, 6.07) is 0. The summed E-state index contributed by atoms with van der Waals surface area (Å²) >= 11 is 0. The summed E-state index contributed by atoms with van der Waals surface area (Å²) in [5.41, 5.74) is 0. The summed E-state index contributed by atoms with van der Waals surface area (Å²) in [5.74, 6) is -0.186. The molecule has 0 aliphatic carbocycles. The Morgan fingerprint density at radius 3 is 2.19 bits per heavy atom. The summed E-state index contributed by atoms with van der Waals surface area (Å²) in [7, 11) is 1.95. The van der Waals surface area contributed by atoms with Crippen LogP contribution in [0.2, 0.25) is 6.32 Å². The van der Waals surface area contributed by atoms with Crippen molar-refractivity contribution in [3.63, 3.8) is 0 Å². The first-order chi connectivity index (χ1) is 9.70. The largest absolute Gasteiger partial charge is 0.379 e. The molecule has 0 bridgehead atoms. The predicted molar refractivity (Wildman–Crippen MR) is 86.1 cm³/mol. The molecule has 3 atom stereocenters. The van der Waals surface area contributed by atoms with E-state index in [1.165, 1.54) is 0 Å². The van der Waals surface area contributed by atoms with Crippen LogP contribution in [0.1, 0.15) is 41.0 Å². The molecule has 1 unspecified atom stereocenters. The molecule has 124 valence electrons. The van der Waals surface area contributed by atoms with Gasteiger partial charge >= 0.3 is 7.60 Å². The fraction of sp³-hybridized carbons (Fsp3) is 1.00. The Kier molecular flexibility index (Phi) is 10.9. The molecule has 0 aromatic heterocycles. The Morgan fingerprint density at radius 2 is 1.76 bits per heavy atom. The molecular formula is C14H30BO5P. The van der Waals surface area contributed by atoms with Crippen LogP contribution < -0.4 is 0 Å². The van der Waals surface area contributed by atoms with Gasteiger partial charge in [0.1, 0.15) is 0 Å². The molecule has 0 amide bonds. The fourth-order valence-corrected chi connectivity index (χ4v) is 3.15. The molecule has 0 spiro atoms. The van der Waals surface area contributed by atoms with Gasteiger partial charge in [-0.05, 0) is 40.0 Å². The standard InChI is InChI=1S/C14H30BO5P/c1-6-14(20-12(4)5)9-19-21(16,17)10-13(7-15)8-18-11(2)3/h11-14H,6-10H2,1-5H3,(H,16,17)/t13-,14-/m1/s1. The van der Waals surface area contributed by atoms with Crippen LogP contribution in [0.4, 0.5) is 0 Å². The summed E-state index contributed by atoms with van der Waals surface area (Å²) < 4.78 is 28.3. The zero-order chi connectivity index (χ0) is 16.5. The molecule has 0 aliphatic heterocycles. The van der Waals surface area contributed by atoms with Crippen molar-refractivity contribution >= 4 is 15.4 Å². The van der Waals surface area contributed by atoms with E-state index in [4.69, 9.17) is 21.8 Å². The number of rotatable bonds is 12. The van der Waals surface area contributed by atoms with Gasteiger partial charge < -0.3 is 18.9 Å². The van der Waals surface area contributed by atoms with Gasteiger partial charge in [0.15, 0.2) is 0 Å². The Morgan fingerprint density at radius 1 is 1.14 bits per heavy atom. The van der Waals surface area contributed by atoms with Crippen LogP contribution in [0.15, 0.2) is 0 Å². The van der Waals surface area contributed by atoms with Crippen LogP contribution in [0.25, 0.3) is 0 Å². The Bertz CT molecular complexity index is 312. The van der Waals surface area contributed by atoms with Crippen molar-refractivity contribution in [3.05, 3.63) is 0 Å². The molecule has 2 radical (unpaired) electrons. The van der Waals surface area contributed by atoms with Gasteiger partial charge in [-0.25, -0.2) is 0 Å². The first kappa shape index (κ1) is 21.1. The van der Waals surface area contributed by atoms with Crippen molar-refractivity contribution in [3.8, 4) is 0 Å². The number of ether oxygens (including phenoxy) is 2. The Balaban J connectivity index is 4.29. The highest BCUT2D eigenvalue weighted by atomic mass is 31.2. The van der Waals surface area contributed by atoms with Gasteiger partial charge in [-0.2, -0.15) is 0 Å². The van der Waals surface area contributed by atoms with Crippen molar-refractivity contribution in [2.75, 3.05) is 19.4 Å². The van der Waals surface area contributed by atoms with Crippen LogP contribution in [-0.4, -0.2) is 50.4 Å². The average molecular weight is 320 g/mol. The molecule has 0 saturated carbocycles. The molecule has 0 heterocycles. The first-order valence-corrected chi connectivity index (χ1v) is 9.39. The van der Waals surface area contributed by atoms with Gasteiger partial charge in [-0.1, -0.05) is 13.2 Å². The average Bonchev–Trinajstić information content (AvgIpc) is 2.38. The second-order valence-electron chi connectivity index (χ2n) is 5.81. The molecule has 0 aromatic rings. The molecule has 7 heteroatoms. The summed E-state index contributed by atoms with van der Waals surface area (Å²) in [6.45, 7) is 10.1. The Labute approximate surface area is 130 Å². The third-order valence-corrected chi connectivity index (χ3v) is 4.40. The Hall–Kier alpha value is 0.135. The normalized spacial score (nSPS) is 17.9. The zero-order valence-electron chi connectivity index (χ0n) is 13.9. The molecular weight excluding hydrogens is 290 g/mol. The molecule has 1 N–H and O–H groups in total. The van der Waals surface area contributed by atoms with Crippen molar-refractivity contribution in [2.45, 2.75) is 65.7 Å². The molecule has 5 nitrogen and oxygen atoms in total. The SMILES string of the molecule is [B]C[C@H](COC(C)C)CP(=O)(O)OC[C@@H](CC)OC(C)C. The second-order valence-corrected chi connectivity index (χ2v) is 7.71. The number of hydrogen-bond donors (Lipinski definition) is 1. The lowest BCUT2D eigenvalue weighted by atomic mass is 9.93. The van der Waals surface area contributed by atoms with E-state index in [0.717, 1.165) is 6.42 Å². The monoisotopic (exact) mass is 320 g/mol. The topological polar surface area (TPSA) is 65.0 Å². The summed E-state index contributed by atoms with van der Waals surface area (Å²) in [6.07, 6.45) is 0.993. The third kappa shape index (κ3) is 11.4. The van der Waals surface area contributed by atoms with Gasteiger partial charge in [0.2, 0.25) is 0 Å². The van der Waals surface area contributed by atoms with E-state index in [2.05, 4.69) is 0 Å². The van der Waals surface area contributed by atoms with Gasteiger partial charge in [-0.15, -0.1) is 0 Å². The van der Waals surface area contributed by atoms with Gasteiger partial charge in [0, 0.05) is 6.61 Å². The van der Waals surface area contributed by atoms with E-state index in [1.807, 2.05) is 34.6 Å². The smallest absolute Gasteiger partial charge is 0.328 e. The minimum Gasteiger partial charge on any atom is -0.379 e. The fourth-order valence-electron chi connectivity index (χ4n) is 1.74. The lowest BCUT2D eigenvalue weighted by Gasteiger charge is -2.23. The predicted octanol–water partition coefficient (Wildman–Crippen LogP) is 3.02. The minimum atomic E-state index is -3.68. The lowest BCUT2D eigenvalue weighted by Crippen LogP contribution is -2.23. The third-order valence-electron chi connectivity index (χ3n) is 2.87. The lowest BCUT2D eigenvalue weighted by molar-refractivity contribution is -0.0210. The van der Waals surface area contributed by atoms with E-state index >= 15 is 0 Å². The van der Waals surface area contributed by atoms with Crippen molar-refractivity contribution < 1.29 is 23.5 Å². The number of hydrogen-bond acceptors (Lipinski definition) is 4. The van der Waals surface area contributed by atoms with E-state index in [1.54, 1.807) is 0 Å². The van der Waals surface area contributed by atoms with Gasteiger partial charge in [-0.3, -0.25) is 4.57 Å². The molecule has 21 heavy (non-hydrogen) atoms. The maximum absolute atomic E-state index is 12.1. The highest BCUT2D eigenvalue weighted by Gasteiger charge is 2.26. The highest BCUT2D eigenvalue weighted by molar-refractivity contribution is 7.52. The maximum Gasteiger partial charge on any atom is 0.328 e. The van der Waals surface area contributed by atoms with E-state index in [0.29, 0.717) is 12.9 Å². The van der Waals surface area contributed by atoms with Crippen LogP contribution in [0, 0.1) is 5.92 Å². The van der Waals surface area contributed by atoms with Crippen molar-refractivity contribution in [1.82, 2.24) is 0 Å². The molecule has 0 fully saturated rings. The van der Waals surface area contributed by atoms with Crippen LogP contribution in [0.5, 0.6) is 0 Å². The van der Waals surface area contributed by atoms with Crippen LogP contribution in [0.3, 0.4) is 0 Å². The summed E-state index contributed by atoms with van der Waals surface area (Å²) in [4.78, 5) is 9.93. The van der Waals surface area contributed by atoms with Crippen molar-refractivity contribution in [2.24, 2.45) is 5.92 Å². The molecule has 0 rings (SSSR count). The van der Waals surface area contributed by atoms with Crippen molar-refractivity contribution in [1.29, 1.82) is 0 Å². The molecule has 0 aliphatic rings. The second kappa shape index (κ2) is 10.8. The maximum atomic E-state index is 12.1. The van der Waals surface area contributed by atoms with Gasteiger partial charge in [0.25, 0.3) is 0 Å². The van der Waals surface area contributed by atoms with E-state index in [9.17, 15) is 9.46 Å². The summed E-state index contributed by atoms with van der Waals surface area (Å²) in [5, 5.41) is 0. The quantitative estimate of drug-likeness (QED) is 0.442. The minimum absolute atomic E-state index is 0.00827. The van der Waals surface area contributed by atoms with Gasteiger partial charge in [0.05, 0.1) is 38.9 Å². The zero-order valence-corrected chi connectivity index (χ0v) is 14.8. The van der Waals surface area contributed by atoms with E-state index in [-0.39, 0.29) is 37.0 Å². The van der Waals surface area contributed by atoms with E-state index < -0.39 is 7.60 Å². The highest BCUT2D eigenvalue weighted by Crippen LogP contribution is 2.44. The van der Waals surface area contributed by atoms with Crippen LogP contribution in [-0.2, 0) is 18.6 Å². The first-order valence-electron chi connectivity index (χ1n) is 7.63. The van der Waals surface area contributed by atoms with Crippen LogP contribution >= 0.6 is 7.60 Å². The molecule has 0 aromatic carbocycles.